The molecular weight excluding hydrogens is 316 g/mol. The lowest BCUT2D eigenvalue weighted by molar-refractivity contribution is 0.0491. The highest BCUT2D eigenvalue weighted by molar-refractivity contribution is 5.80. The molecule has 0 aromatic rings. The minimum Gasteiger partial charge on any atom is -0.444 e. The number of hydrogen-bond donors (Lipinski definition) is 2. The van der Waals surface area contributed by atoms with Crippen LogP contribution in [0.15, 0.2) is 4.99 Å². The van der Waals surface area contributed by atoms with E-state index in [9.17, 15) is 4.79 Å². The molecule has 1 amide bonds. The zero-order valence-electron chi connectivity index (χ0n) is 16.8. The van der Waals surface area contributed by atoms with E-state index in [1.54, 1.807) is 0 Å². The average Bonchev–Trinajstić information content (AvgIpc) is 2.90. The normalized spacial score (nSPS) is 21.2. The van der Waals surface area contributed by atoms with Gasteiger partial charge in [0.2, 0.25) is 0 Å². The fraction of sp³-hybridized carbons (Fsp3) is 0.895. The van der Waals surface area contributed by atoms with E-state index in [4.69, 9.17) is 4.74 Å². The molecule has 25 heavy (non-hydrogen) atoms. The van der Waals surface area contributed by atoms with Crippen LogP contribution < -0.4 is 10.6 Å². The van der Waals surface area contributed by atoms with E-state index in [2.05, 4.69) is 34.4 Å². The van der Waals surface area contributed by atoms with Gasteiger partial charge in [0, 0.05) is 26.7 Å². The van der Waals surface area contributed by atoms with Gasteiger partial charge < -0.3 is 20.3 Å². The number of guanidine groups is 1. The van der Waals surface area contributed by atoms with Crippen molar-refractivity contribution in [2.24, 2.45) is 16.3 Å². The Balaban J connectivity index is 1.85. The molecule has 144 valence electrons. The molecule has 0 aromatic carbocycles. The number of hydrogen-bond acceptors (Lipinski definition) is 3. The molecule has 2 rings (SSSR count). The largest absolute Gasteiger partial charge is 0.444 e. The first kappa shape index (κ1) is 19.9. The predicted octanol–water partition coefficient (Wildman–Crippen LogP) is 2.99. The number of amides is 1. The molecule has 1 atom stereocenters. The number of alkyl carbamates (subject to hydrolysis) is 1. The summed E-state index contributed by atoms with van der Waals surface area (Å²) >= 11 is 0. The monoisotopic (exact) mass is 352 g/mol. The lowest BCUT2D eigenvalue weighted by Gasteiger charge is -2.38. The van der Waals surface area contributed by atoms with Crippen LogP contribution in [0.5, 0.6) is 0 Å². The fourth-order valence-corrected chi connectivity index (χ4v) is 3.65. The number of carbonyl (C=O) groups excluding carboxylic acids is 1. The third-order valence-electron chi connectivity index (χ3n) is 5.35. The third kappa shape index (κ3) is 5.51. The Bertz CT molecular complexity index is 492. The van der Waals surface area contributed by atoms with E-state index >= 15 is 0 Å². The first-order valence-corrected chi connectivity index (χ1v) is 9.59. The summed E-state index contributed by atoms with van der Waals surface area (Å²) in [5.74, 6) is 1.25. The van der Waals surface area contributed by atoms with Crippen molar-refractivity contribution in [1.29, 1.82) is 0 Å². The summed E-state index contributed by atoms with van der Waals surface area (Å²) in [7, 11) is 1.83. The number of nitrogens with zero attached hydrogens (tertiary/aromatic N) is 2. The lowest BCUT2D eigenvalue weighted by atomic mass is 9.68. The van der Waals surface area contributed by atoms with E-state index in [-0.39, 0.29) is 12.1 Å². The van der Waals surface area contributed by atoms with Crippen molar-refractivity contribution in [2.45, 2.75) is 71.9 Å². The number of rotatable bonds is 4. The Hall–Kier alpha value is -1.46. The molecule has 0 radical (unpaired) electrons. The van der Waals surface area contributed by atoms with Gasteiger partial charge in [0.15, 0.2) is 5.96 Å². The second-order valence-electron chi connectivity index (χ2n) is 8.95. The van der Waals surface area contributed by atoms with Crippen molar-refractivity contribution in [1.82, 2.24) is 15.5 Å². The average molecular weight is 353 g/mol. The Morgan fingerprint density at radius 3 is 2.40 bits per heavy atom. The summed E-state index contributed by atoms with van der Waals surface area (Å²) in [4.78, 5) is 18.9. The van der Waals surface area contributed by atoms with Crippen LogP contribution in [-0.4, -0.2) is 55.3 Å². The Morgan fingerprint density at radius 1 is 1.28 bits per heavy atom. The van der Waals surface area contributed by atoms with Gasteiger partial charge in [-0.05, 0) is 51.4 Å². The minimum absolute atomic E-state index is 0.00753. The second-order valence-corrected chi connectivity index (χ2v) is 8.95. The number of aliphatic imine (C=N–C) groups is 1. The first-order chi connectivity index (χ1) is 11.6. The van der Waals surface area contributed by atoms with Crippen molar-refractivity contribution in [3.63, 3.8) is 0 Å². The molecule has 1 aliphatic carbocycles. The zero-order chi connectivity index (χ0) is 18.7. The van der Waals surface area contributed by atoms with Crippen molar-refractivity contribution >= 4 is 12.1 Å². The summed E-state index contributed by atoms with van der Waals surface area (Å²) in [5.41, 5.74) is 0.0611. The van der Waals surface area contributed by atoms with Crippen molar-refractivity contribution in [3.8, 4) is 0 Å². The van der Waals surface area contributed by atoms with Crippen LogP contribution in [-0.2, 0) is 4.74 Å². The van der Waals surface area contributed by atoms with Gasteiger partial charge in [-0.3, -0.25) is 4.99 Å². The van der Waals surface area contributed by atoms with E-state index in [0.29, 0.717) is 17.9 Å². The zero-order valence-corrected chi connectivity index (χ0v) is 16.8. The maximum Gasteiger partial charge on any atom is 0.407 e. The van der Waals surface area contributed by atoms with E-state index < -0.39 is 5.60 Å². The molecule has 1 saturated heterocycles. The molecule has 2 aliphatic rings. The van der Waals surface area contributed by atoms with Crippen LogP contribution in [0.25, 0.3) is 0 Å². The van der Waals surface area contributed by atoms with Gasteiger partial charge in [-0.1, -0.05) is 20.3 Å². The number of likely N-dealkylation sites (tertiary alicyclic amines) is 1. The summed E-state index contributed by atoms with van der Waals surface area (Å²) in [5, 5.41) is 6.44. The van der Waals surface area contributed by atoms with Crippen molar-refractivity contribution in [2.75, 3.05) is 26.7 Å². The van der Waals surface area contributed by atoms with Gasteiger partial charge >= 0.3 is 6.09 Å². The van der Waals surface area contributed by atoms with Crippen LogP contribution in [0.1, 0.15) is 60.3 Å². The maximum atomic E-state index is 12.1. The maximum absolute atomic E-state index is 12.1. The topological polar surface area (TPSA) is 66.0 Å². The van der Waals surface area contributed by atoms with Crippen LogP contribution in [0, 0.1) is 11.3 Å². The quantitative estimate of drug-likeness (QED) is 0.603. The summed E-state index contributed by atoms with van der Waals surface area (Å²) in [6, 6.07) is -0.00753. The van der Waals surface area contributed by atoms with Gasteiger partial charge in [-0.25, -0.2) is 4.79 Å². The summed E-state index contributed by atoms with van der Waals surface area (Å²) in [6.45, 7) is 12.7. The minimum atomic E-state index is -0.484. The second kappa shape index (κ2) is 7.83. The highest BCUT2D eigenvalue weighted by atomic mass is 16.6. The van der Waals surface area contributed by atoms with E-state index in [1.165, 1.54) is 25.7 Å². The van der Waals surface area contributed by atoms with Crippen LogP contribution >= 0.6 is 0 Å². The third-order valence-corrected chi connectivity index (χ3v) is 5.35. The standard InChI is InChI=1S/C19H36N4O2/c1-14(2)15(22-17(24)25-18(3,4)5)12-21-16(20-6)23-11-10-19(13-23)8-7-9-19/h14-15H,7-13H2,1-6H3,(H,20,21)(H,22,24). The number of carbonyl (C=O) groups is 1. The number of nitrogens with one attached hydrogen (secondary N) is 2. The van der Waals surface area contributed by atoms with Crippen molar-refractivity contribution in [3.05, 3.63) is 0 Å². The Kier molecular flexibility index (Phi) is 6.22. The lowest BCUT2D eigenvalue weighted by Crippen LogP contribution is -2.51. The van der Waals surface area contributed by atoms with Gasteiger partial charge in [0.1, 0.15) is 5.60 Å². The Morgan fingerprint density at radius 2 is 1.96 bits per heavy atom. The molecule has 6 nitrogen and oxygen atoms in total. The Labute approximate surface area is 152 Å². The molecule has 2 fully saturated rings. The highest BCUT2D eigenvalue weighted by Gasteiger charge is 2.43. The molecule has 2 N–H and O–H groups in total. The van der Waals surface area contributed by atoms with Crippen LogP contribution in [0.3, 0.4) is 0 Å². The fourth-order valence-electron chi connectivity index (χ4n) is 3.65. The van der Waals surface area contributed by atoms with E-state index in [0.717, 1.165) is 19.0 Å². The molecule has 1 unspecified atom stereocenters. The van der Waals surface area contributed by atoms with Crippen LogP contribution in [0.4, 0.5) is 4.79 Å². The molecule has 1 heterocycles. The van der Waals surface area contributed by atoms with Gasteiger partial charge in [-0.15, -0.1) is 0 Å². The smallest absolute Gasteiger partial charge is 0.407 e. The molecule has 1 spiro atoms. The molecule has 0 aromatic heterocycles. The highest BCUT2D eigenvalue weighted by Crippen LogP contribution is 2.47. The molecule has 1 saturated carbocycles. The van der Waals surface area contributed by atoms with Gasteiger partial charge in [-0.2, -0.15) is 0 Å². The molecule has 6 heteroatoms. The molecule has 0 bridgehead atoms. The van der Waals surface area contributed by atoms with Crippen molar-refractivity contribution < 1.29 is 9.53 Å². The van der Waals surface area contributed by atoms with Crippen LogP contribution in [0.2, 0.25) is 0 Å². The molecular formula is C19H36N4O2. The first-order valence-electron chi connectivity index (χ1n) is 9.59. The summed E-state index contributed by atoms with van der Waals surface area (Å²) in [6.07, 6.45) is 4.99. The van der Waals surface area contributed by atoms with Gasteiger partial charge in [0.25, 0.3) is 0 Å². The number of ether oxygens (including phenoxy) is 1. The van der Waals surface area contributed by atoms with Gasteiger partial charge in [0.05, 0.1) is 6.04 Å². The predicted molar refractivity (Wildman–Crippen MR) is 102 cm³/mol. The summed E-state index contributed by atoms with van der Waals surface area (Å²) < 4.78 is 5.38. The SMILES string of the molecule is CN=C(NCC(NC(=O)OC(C)(C)C)C(C)C)N1CCC2(CCC2)C1. The van der Waals surface area contributed by atoms with E-state index in [1.807, 2.05) is 27.8 Å². The molecule has 1 aliphatic heterocycles.